The number of fused-ring (bicyclic) bond motifs is 4. The van der Waals surface area contributed by atoms with E-state index in [0.29, 0.717) is 24.3 Å². The third-order valence-corrected chi connectivity index (χ3v) is 9.16. The first kappa shape index (κ1) is 32.6. The van der Waals surface area contributed by atoms with E-state index in [1.54, 1.807) is 46.4 Å². The van der Waals surface area contributed by atoms with Gasteiger partial charge in [-0.15, -0.1) is 0 Å². The normalized spacial score (nSPS) is 18.8. The predicted molar refractivity (Wildman–Crippen MR) is 176 cm³/mol. The predicted octanol–water partition coefficient (Wildman–Crippen LogP) is 7.96. The Morgan fingerprint density at radius 3 is 2.19 bits per heavy atom. The minimum atomic E-state index is -0.849. The number of nitrogens with zero attached hydrogens (tertiary/aromatic N) is 4. The van der Waals surface area contributed by atoms with Crippen molar-refractivity contribution >= 4 is 35.2 Å². The molecule has 3 aromatic rings. The van der Waals surface area contributed by atoms with Crippen LogP contribution in [0.3, 0.4) is 0 Å². The highest BCUT2D eigenvalue weighted by Gasteiger charge is 2.51. The molecule has 0 aromatic heterocycles. The minimum absolute atomic E-state index is 0.0829. The van der Waals surface area contributed by atoms with Crippen LogP contribution in [0.2, 0.25) is 5.02 Å². The summed E-state index contributed by atoms with van der Waals surface area (Å²) in [5, 5.41) is 10.0. The Kier molecular flexibility index (Phi) is 7.91. The van der Waals surface area contributed by atoms with Crippen molar-refractivity contribution in [3.8, 4) is 17.2 Å². The number of carbonyl (C=O) groups excluding carboxylic acids is 2. The molecule has 246 valence electrons. The molecule has 3 heterocycles. The molecule has 1 saturated heterocycles. The monoisotopic (exact) mass is 662 g/mol. The number of amides is 2. The second-order valence-electron chi connectivity index (χ2n) is 14.3. The van der Waals surface area contributed by atoms with Gasteiger partial charge in [0.1, 0.15) is 22.8 Å². The topological polar surface area (TPSA) is 86.1 Å². The fourth-order valence-electron chi connectivity index (χ4n) is 6.96. The first-order chi connectivity index (χ1) is 22.0. The molecule has 47 heavy (non-hydrogen) atoms. The van der Waals surface area contributed by atoms with Crippen molar-refractivity contribution in [1.82, 2.24) is 4.90 Å². The summed E-state index contributed by atoms with van der Waals surface area (Å²) in [5.41, 5.74) is 0.0369. The zero-order valence-corrected chi connectivity index (χ0v) is 28.1. The smallest absolute Gasteiger partial charge is 0.414 e. The molecular formula is C36H37ClF2N4O4. The minimum Gasteiger partial charge on any atom is -0.444 e. The van der Waals surface area contributed by atoms with Gasteiger partial charge in [-0.3, -0.25) is 4.90 Å². The molecule has 0 N–H and O–H groups in total. The van der Waals surface area contributed by atoms with E-state index in [9.17, 15) is 14.9 Å². The molecule has 2 amide bonds. The van der Waals surface area contributed by atoms with Crippen LogP contribution in [0.4, 0.5) is 29.7 Å². The summed E-state index contributed by atoms with van der Waals surface area (Å²) in [6.07, 6.45) is -0.669. The van der Waals surface area contributed by atoms with Gasteiger partial charge in [-0.05, 0) is 71.2 Å². The Morgan fingerprint density at radius 1 is 0.894 bits per heavy atom. The SMILES string of the molecule is CC(C)(C)OC(=O)N1CCN2c3cc(F)c(Cl)c(-c4c(C#N)cc5c(c4F)CCN5C(=O)OC(C)(C)C)c3CC2(c2ccccc2)C1. The average molecular weight is 663 g/mol. The Hall–Kier alpha value is -4.36. The lowest BCUT2D eigenvalue weighted by Gasteiger charge is -2.48. The third-order valence-electron chi connectivity index (χ3n) is 8.79. The van der Waals surface area contributed by atoms with E-state index in [0.717, 1.165) is 5.56 Å². The lowest BCUT2D eigenvalue weighted by Crippen LogP contribution is -2.60. The van der Waals surface area contributed by atoms with Crippen LogP contribution in [0.1, 0.15) is 63.8 Å². The van der Waals surface area contributed by atoms with Crippen LogP contribution in [-0.4, -0.2) is 54.5 Å². The van der Waals surface area contributed by atoms with Crippen molar-refractivity contribution in [2.45, 2.75) is 71.1 Å². The van der Waals surface area contributed by atoms with Gasteiger partial charge in [-0.2, -0.15) is 5.26 Å². The number of hydrogen-bond donors (Lipinski definition) is 0. The summed E-state index contributed by atoms with van der Waals surface area (Å²) < 4.78 is 43.9. The van der Waals surface area contributed by atoms with Gasteiger partial charge in [0.15, 0.2) is 0 Å². The van der Waals surface area contributed by atoms with Gasteiger partial charge >= 0.3 is 12.2 Å². The van der Waals surface area contributed by atoms with E-state index in [4.69, 9.17) is 21.1 Å². The highest BCUT2D eigenvalue weighted by molar-refractivity contribution is 6.34. The molecule has 8 nitrogen and oxygen atoms in total. The second kappa shape index (κ2) is 11.4. The van der Waals surface area contributed by atoms with Crippen LogP contribution < -0.4 is 9.80 Å². The summed E-state index contributed by atoms with van der Waals surface area (Å²) in [6, 6.07) is 14.5. The van der Waals surface area contributed by atoms with Crippen LogP contribution in [0.5, 0.6) is 0 Å². The number of anilines is 2. The fraction of sp³-hybridized carbons (Fsp3) is 0.417. The Balaban J connectivity index is 1.50. The first-order valence-electron chi connectivity index (χ1n) is 15.6. The molecule has 3 aliphatic rings. The van der Waals surface area contributed by atoms with Gasteiger partial charge in [-0.1, -0.05) is 41.9 Å². The number of halogens is 3. The maximum Gasteiger partial charge on any atom is 0.414 e. The molecule has 11 heteroatoms. The summed E-state index contributed by atoms with van der Waals surface area (Å²) in [6.45, 7) is 11.7. The van der Waals surface area contributed by atoms with E-state index >= 15 is 8.78 Å². The number of nitriles is 1. The van der Waals surface area contributed by atoms with Crippen molar-refractivity contribution in [2.24, 2.45) is 0 Å². The number of hydrogen-bond acceptors (Lipinski definition) is 6. The van der Waals surface area contributed by atoms with Crippen LogP contribution in [0.15, 0.2) is 42.5 Å². The van der Waals surface area contributed by atoms with E-state index in [1.165, 1.54) is 17.0 Å². The number of piperazine rings is 1. The van der Waals surface area contributed by atoms with Crippen molar-refractivity contribution in [3.63, 3.8) is 0 Å². The standard InChI is InChI=1S/C36H37ClF2N4O4/c1-34(2,3)46-32(44)41-14-15-43-27-17-25(38)30(37)29(24(27)18-36(43,20-41)22-10-8-7-9-11-22)28-21(19-40)16-26-23(31(28)39)12-13-42(26)33(45)47-35(4,5)6/h7-11,16-17H,12-15,18,20H2,1-6H3. The third kappa shape index (κ3) is 5.65. The zero-order chi connectivity index (χ0) is 34.1. The van der Waals surface area contributed by atoms with Crippen molar-refractivity contribution < 1.29 is 27.8 Å². The molecule has 3 aromatic carbocycles. The van der Waals surface area contributed by atoms with Crippen LogP contribution in [0, 0.1) is 23.0 Å². The second-order valence-corrected chi connectivity index (χ2v) is 14.7. The molecule has 6 rings (SSSR count). The summed E-state index contributed by atoms with van der Waals surface area (Å²) in [7, 11) is 0. The van der Waals surface area contributed by atoms with Gasteiger partial charge in [0.25, 0.3) is 0 Å². The van der Waals surface area contributed by atoms with Crippen LogP contribution in [-0.2, 0) is 27.9 Å². The Bertz CT molecular complexity index is 1830. The summed E-state index contributed by atoms with van der Waals surface area (Å²) in [5.74, 6) is -1.48. The molecule has 0 bridgehead atoms. The molecule has 1 atom stereocenters. The number of carbonyl (C=O) groups is 2. The van der Waals surface area contributed by atoms with Gasteiger partial charge in [0.2, 0.25) is 0 Å². The number of ether oxygens (including phenoxy) is 2. The van der Waals surface area contributed by atoms with Gasteiger partial charge < -0.3 is 19.3 Å². The van der Waals surface area contributed by atoms with Crippen molar-refractivity contribution in [3.05, 3.63) is 81.4 Å². The molecule has 1 fully saturated rings. The van der Waals surface area contributed by atoms with E-state index in [1.807, 2.05) is 30.3 Å². The largest absolute Gasteiger partial charge is 0.444 e. The first-order valence-corrected chi connectivity index (χ1v) is 16.0. The summed E-state index contributed by atoms with van der Waals surface area (Å²) >= 11 is 6.72. The Morgan fingerprint density at radius 2 is 1.55 bits per heavy atom. The quantitative estimate of drug-likeness (QED) is 0.277. The Labute approximate surface area is 278 Å². The number of rotatable bonds is 2. The van der Waals surface area contributed by atoms with Crippen molar-refractivity contribution in [1.29, 1.82) is 5.26 Å². The van der Waals surface area contributed by atoms with Gasteiger partial charge in [0, 0.05) is 48.4 Å². The maximum absolute atomic E-state index is 16.8. The molecule has 1 unspecified atom stereocenters. The molecule has 0 aliphatic carbocycles. The molecule has 3 aliphatic heterocycles. The lowest BCUT2D eigenvalue weighted by molar-refractivity contribution is 0.0164. The molecular weight excluding hydrogens is 626 g/mol. The molecule has 0 saturated carbocycles. The maximum atomic E-state index is 16.8. The molecule has 0 radical (unpaired) electrons. The summed E-state index contributed by atoms with van der Waals surface area (Å²) in [4.78, 5) is 31.3. The van der Waals surface area contributed by atoms with Gasteiger partial charge in [0.05, 0.1) is 34.4 Å². The van der Waals surface area contributed by atoms with E-state index in [2.05, 4.69) is 11.0 Å². The highest BCUT2D eigenvalue weighted by Crippen LogP contribution is 2.54. The van der Waals surface area contributed by atoms with Crippen LogP contribution >= 0.6 is 11.6 Å². The van der Waals surface area contributed by atoms with E-state index < -0.39 is 40.6 Å². The highest BCUT2D eigenvalue weighted by atomic mass is 35.5. The average Bonchev–Trinajstić information content (AvgIpc) is 3.57. The number of benzene rings is 3. The zero-order valence-electron chi connectivity index (χ0n) is 27.3. The van der Waals surface area contributed by atoms with Gasteiger partial charge in [-0.25, -0.2) is 18.4 Å². The molecule has 0 spiro atoms. The van der Waals surface area contributed by atoms with Crippen molar-refractivity contribution in [2.75, 3.05) is 36.0 Å². The van der Waals surface area contributed by atoms with Crippen LogP contribution in [0.25, 0.3) is 11.1 Å². The fourth-order valence-corrected chi connectivity index (χ4v) is 7.22. The van der Waals surface area contributed by atoms with E-state index in [-0.39, 0.29) is 58.9 Å². The lowest BCUT2D eigenvalue weighted by atomic mass is 9.82.